The van der Waals surface area contributed by atoms with Crippen LogP contribution < -0.4 is 11.1 Å². The van der Waals surface area contributed by atoms with Gasteiger partial charge in [-0.1, -0.05) is 22.6 Å². The van der Waals surface area contributed by atoms with Crippen LogP contribution in [0.15, 0.2) is 0 Å². The van der Waals surface area contributed by atoms with Gasteiger partial charge in [0.15, 0.2) is 0 Å². The van der Waals surface area contributed by atoms with Gasteiger partial charge in [-0.2, -0.15) is 0 Å². The van der Waals surface area contributed by atoms with E-state index in [-0.39, 0.29) is 5.91 Å². The zero-order valence-electron chi connectivity index (χ0n) is 4.69. The highest BCUT2D eigenvalue weighted by atomic mass is 127. The van der Waals surface area contributed by atoms with Crippen LogP contribution in [-0.4, -0.2) is 16.4 Å². The van der Waals surface area contributed by atoms with Gasteiger partial charge in [0, 0.05) is 10.8 Å². The molecule has 0 fully saturated rings. The summed E-state index contributed by atoms with van der Waals surface area (Å²) < 4.78 is 0.691. The molecule has 4 nitrogen and oxygen atoms in total. The van der Waals surface area contributed by atoms with Crippen molar-refractivity contribution >= 4 is 34.5 Å². The summed E-state index contributed by atoms with van der Waals surface area (Å²) in [5.74, 6) is -0.322. The average molecular weight is 242 g/mol. The van der Waals surface area contributed by atoms with Gasteiger partial charge in [-0.05, 0) is 0 Å². The number of hydrogen-bond acceptors (Lipinski definition) is 2. The Bertz CT molecular complexity index is 126. The predicted octanol–water partition coefficient (Wildman–Crippen LogP) is 0.00640. The summed E-state index contributed by atoms with van der Waals surface area (Å²) >= 11 is 2.04. The molecule has 0 aliphatic heterocycles. The minimum absolute atomic E-state index is 0.322. The predicted molar refractivity (Wildman–Crippen MR) is 41.2 cm³/mol. The van der Waals surface area contributed by atoms with E-state index in [0.717, 1.165) is 0 Å². The maximum atomic E-state index is 10.4. The molecule has 0 atom stereocenters. The summed E-state index contributed by atoms with van der Waals surface area (Å²) in [4.78, 5) is 20.4. The van der Waals surface area contributed by atoms with Crippen LogP contribution in [0.2, 0.25) is 0 Å². The summed E-state index contributed by atoms with van der Waals surface area (Å²) in [5.41, 5.74) is 4.65. The van der Waals surface area contributed by atoms with Crippen LogP contribution in [-0.2, 0) is 4.79 Å². The minimum atomic E-state index is -0.787. The fourth-order valence-corrected chi connectivity index (χ4v) is 0.776. The van der Waals surface area contributed by atoms with Crippen LogP contribution in [0.5, 0.6) is 0 Å². The Balaban J connectivity index is 3.39. The number of amides is 3. The molecule has 0 bridgehead atoms. The van der Waals surface area contributed by atoms with Crippen molar-refractivity contribution in [2.24, 2.45) is 5.73 Å². The summed E-state index contributed by atoms with van der Waals surface area (Å²) in [6.45, 7) is 0. The second-order valence-electron chi connectivity index (χ2n) is 1.35. The van der Waals surface area contributed by atoms with Crippen molar-refractivity contribution in [1.82, 2.24) is 5.32 Å². The summed E-state index contributed by atoms with van der Waals surface area (Å²) in [6.07, 6.45) is 0.337. The maximum absolute atomic E-state index is 10.4. The highest BCUT2D eigenvalue weighted by Gasteiger charge is 2.00. The van der Waals surface area contributed by atoms with Gasteiger partial charge in [0.2, 0.25) is 5.91 Å². The Labute approximate surface area is 66.3 Å². The number of urea groups is 1. The number of nitrogens with two attached hydrogens (primary N) is 1. The molecule has 0 radical (unpaired) electrons. The Morgan fingerprint density at radius 1 is 1.56 bits per heavy atom. The number of alkyl halides is 1. The molecule has 3 N–H and O–H groups in total. The quantitative estimate of drug-likeness (QED) is 0.528. The van der Waals surface area contributed by atoms with Crippen LogP contribution in [0.25, 0.3) is 0 Å². The largest absolute Gasteiger partial charge is 0.351 e. The lowest BCUT2D eigenvalue weighted by atomic mass is 10.5. The number of carbonyl (C=O) groups excluding carboxylic acids is 2. The zero-order chi connectivity index (χ0) is 7.28. The normalized spacial score (nSPS) is 8.56. The number of nitrogens with one attached hydrogen (secondary N) is 1. The van der Waals surface area contributed by atoms with Gasteiger partial charge >= 0.3 is 6.03 Å². The maximum Gasteiger partial charge on any atom is 0.318 e. The van der Waals surface area contributed by atoms with Crippen molar-refractivity contribution in [2.75, 3.05) is 4.43 Å². The number of halogens is 1. The van der Waals surface area contributed by atoms with Crippen molar-refractivity contribution in [1.29, 1.82) is 0 Å². The lowest BCUT2D eigenvalue weighted by molar-refractivity contribution is -0.119. The fourth-order valence-electron chi connectivity index (χ4n) is 0.286. The Morgan fingerprint density at radius 2 is 2.11 bits per heavy atom. The van der Waals surface area contributed by atoms with Crippen LogP contribution >= 0.6 is 22.6 Å². The Morgan fingerprint density at radius 3 is 2.44 bits per heavy atom. The molecule has 0 rings (SSSR count). The van der Waals surface area contributed by atoms with Crippen LogP contribution in [0.4, 0.5) is 4.79 Å². The van der Waals surface area contributed by atoms with Crippen molar-refractivity contribution in [3.63, 3.8) is 0 Å². The van der Waals surface area contributed by atoms with E-state index in [2.05, 4.69) is 5.73 Å². The van der Waals surface area contributed by atoms with Crippen LogP contribution in [0.1, 0.15) is 6.42 Å². The van der Waals surface area contributed by atoms with Crippen molar-refractivity contribution in [3.8, 4) is 0 Å². The number of rotatable bonds is 2. The fraction of sp³-hybridized carbons (Fsp3) is 0.500. The second-order valence-corrected chi connectivity index (χ2v) is 2.43. The smallest absolute Gasteiger partial charge is 0.318 e. The van der Waals surface area contributed by atoms with Gasteiger partial charge < -0.3 is 5.73 Å². The number of primary amides is 1. The molecule has 5 heteroatoms. The topological polar surface area (TPSA) is 72.2 Å². The zero-order valence-corrected chi connectivity index (χ0v) is 6.84. The summed E-state index contributed by atoms with van der Waals surface area (Å²) in [5, 5.41) is 1.94. The van der Waals surface area contributed by atoms with E-state index in [4.69, 9.17) is 0 Å². The molecule has 0 aliphatic carbocycles. The Kier molecular flexibility index (Phi) is 4.37. The molecule has 0 saturated heterocycles. The molecule has 0 spiro atoms. The molecular formula is C4H7IN2O2. The third-order valence-corrected chi connectivity index (χ3v) is 1.12. The first-order chi connectivity index (χ1) is 4.16. The monoisotopic (exact) mass is 242 g/mol. The molecule has 52 valence electrons. The number of hydrogen-bond donors (Lipinski definition) is 2. The van der Waals surface area contributed by atoms with E-state index in [9.17, 15) is 9.59 Å². The van der Waals surface area contributed by atoms with E-state index in [1.165, 1.54) is 0 Å². The molecule has 9 heavy (non-hydrogen) atoms. The van der Waals surface area contributed by atoms with E-state index >= 15 is 0 Å². The number of imide groups is 1. The molecule has 0 aliphatic rings. The van der Waals surface area contributed by atoms with Gasteiger partial charge in [0.1, 0.15) is 0 Å². The van der Waals surface area contributed by atoms with E-state index < -0.39 is 6.03 Å². The molecule has 0 aromatic rings. The SMILES string of the molecule is NC(=O)NC(=O)CCI. The van der Waals surface area contributed by atoms with Gasteiger partial charge in [-0.3, -0.25) is 10.1 Å². The van der Waals surface area contributed by atoms with Gasteiger partial charge in [-0.15, -0.1) is 0 Å². The summed E-state index contributed by atoms with van der Waals surface area (Å²) in [7, 11) is 0. The van der Waals surface area contributed by atoms with E-state index in [1.807, 2.05) is 27.9 Å². The van der Waals surface area contributed by atoms with Gasteiger partial charge in [0.05, 0.1) is 0 Å². The molecule has 3 amide bonds. The highest BCUT2D eigenvalue weighted by Crippen LogP contribution is 1.86. The lowest BCUT2D eigenvalue weighted by Crippen LogP contribution is -2.34. The molecule has 0 saturated carbocycles. The molecule has 0 heterocycles. The lowest BCUT2D eigenvalue weighted by Gasteiger charge is -1.94. The van der Waals surface area contributed by atoms with E-state index in [0.29, 0.717) is 10.8 Å². The van der Waals surface area contributed by atoms with Crippen molar-refractivity contribution in [2.45, 2.75) is 6.42 Å². The number of carbonyl (C=O) groups is 2. The van der Waals surface area contributed by atoms with Gasteiger partial charge in [-0.25, -0.2) is 4.79 Å². The standard InChI is InChI=1S/C4H7IN2O2/c5-2-1-3(8)7-4(6)9/h1-2H2,(H3,6,7,8,9). The van der Waals surface area contributed by atoms with Crippen LogP contribution in [0.3, 0.4) is 0 Å². The van der Waals surface area contributed by atoms with E-state index in [1.54, 1.807) is 0 Å². The average Bonchev–Trinajstić information content (AvgIpc) is 1.63. The summed E-state index contributed by atoms with van der Waals surface area (Å²) in [6, 6.07) is -0.787. The molecule has 0 aromatic heterocycles. The third-order valence-electron chi connectivity index (χ3n) is 0.584. The first-order valence-corrected chi connectivity index (χ1v) is 3.84. The van der Waals surface area contributed by atoms with Crippen molar-refractivity contribution < 1.29 is 9.59 Å². The Hall–Kier alpha value is -0.330. The van der Waals surface area contributed by atoms with Gasteiger partial charge in [0.25, 0.3) is 0 Å². The molecular weight excluding hydrogens is 235 g/mol. The molecule has 0 aromatic carbocycles. The minimum Gasteiger partial charge on any atom is -0.351 e. The highest BCUT2D eigenvalue weighted by molar-refractivity contribution is 14.1. The first-order valence-electron chi connectivity index (χ1n) is 2.32. The van der Waals surface area contributed by atoms with Crippen molar-refractivity contribution in [3.05, 3.63) is 0 Å². The first kappa shape index (κ1) is 8.67. The third kappa shape index (κ3) is 5.54. The second kappa shape index (κ2) is 4.54. The molecule has 0 unspecified atom stereocenters. The van der Waals surface area contributed by atoms with Crippen LogP contribution in [0, 0.1) is 0 Å².